The van der Waals surface area contributed by atoms with Crippen LogP contribution in [0.3, 0.4) is 0 Å². The van der Waals surface area contributed by atoms with Crippen molar-refractivity contribution >= 4 is 5.97 Å². The fraction of sp³-hybridized carbons (Fsp3) is 0.889. The minimum atomic E-state index is -0.276. The highest BCUT2D eigenvalue weighted by atomic mass is 16.9. The van der Waals surface area contributed by atoms with E-state index in [-0.39, 0.29) is 29.3 Å². The van der Waals surface area contributed by atoms with Crippen LogP contribution < -0.4 is 5.23 Å². The maximum Gasteiger partial charge on any atom is 0.309 e. The standard InChI is InChI=1S/C9H13NO4/c1-10(12)14-7-4-2-5-6(3-4)9(11)13-8(5)7/h4-8,10H,2-3H2,1H3. The monoisotopic (exact) mass is 199 g/mol. The summed E-state index contributed by atoms with van der Waals surface area (Å²) in [5.74, 6) is 0.677. The second-order valence-electron chi connectivity index (χ2n) is 4.48. The number of esters is 1. The highest BCUT2D eigenvalue weighted by Crippen LogP contribution is 2.54. The molecule has 0 aromatic heterocycles. The van der Waals surface area contributed by atoms with E-state index in [4.69, 9.17) is 9.57 Å². The van der Waals surface area contributed by atoms with Gasteiger partial charge in [0.1, 0.15) is 6.10 Å². The SMILES string of the molecule is C[NH+]([O-])OC1C2CC3C(=O)OC1C3C2. The third kappa shape index (κ3) is 0.973. The van der Waals surface area contributed by atoms with Crippen molar-refractivity contribution in [3.63, 3.8) is 0 Å². The molecule has 3 rings (SSSR count). The largest absolute Gasteiger partial charge is 0.600 e. The summed E-state index contributed by atoms with van der Waals surface area (Å²) >= 11 is 0. The second-order valence-corrected chi connectivity index (χ2v) is 4.48. The lowest BCUT2D eigenvalue weighted by molar-refractivity contribution is -1.04. The molecule has 1 saturated heterocycles. The van der Waals surface area contributed by atoms with Gasteiger partial charge in [-0.3, -0.25) is 4.79 Å². The van der Waals surface area contributed by atoms with Crippen LogP contribution in [0.5, 0.6) is 0 Å². The summed E-state index contributed by atoms with van der Waals surface area (Å²) in [6.07, 6.45) is 1.52. The summed E-state index contributed by atoms with van der Waals surface area (Å²) in [6.45, 7) is 0. The fourth-order valence-corrected chi connectivity index (χ4v) is 3.26. The van der Waals surface area contributed by atoms with Crippen molar-refractivity contribution in [1.82, 2.24) is 0 Å². The molecule has 0 aromatic carbocycles. The average molecular weight is 199 g/mol. The molecule has 2 bridgehead atoms. The first-order chi connectivity index (χ1) is 6.66. The van der Waals surface area contributed by atoms with Crippen LogP contribution in [-0.2, 0) is 14.4 Å². The number of rotatable bonds is 2. The van der Waals surface area contributed by atoms with E-state index >= 15 is 0 Å². The first-order valence-corrected chi connectivity index (χ1v) is 5.04. The highest BCUT2D eigenvalue weighted by molar-refractivity contribution is 5.76. The summed E-state index contributed by atoms with van der Waals surface area (Å²) in [5, 5.41) is 10.6. The number of fused-ring (bicyclic) bond motifs is 1. The topological polar surface area (TPSA) is 63.0 Å². The Kier molecular flexibility index (Phi) is 1.66. The van der Waals surface area contributed by atoms with Crippen molar-refractivity contribution in [1.29, 1.82) is 0 Å². The van der Waals surface area contributed by atoms with E-state index in [9.17, 15) is 10.0 Å². The zero-order valence-electron chi connectivity index (χ0n) is 7.93. The molecule has 78 valence electrons. The fourth-order valence-electron chi connectivity index (χ4n) is 3.26. The minimum Gasteiger partial charge on any atom is -0.600 e. The second kappa shape index (κ2) is 2.68. The van der Waals surface area contributed by atoms with Gasteiger partial charge in [-0.2, -0.15) is 4.84 Å². The Balaban J connectivity index is 1.82. The molecule has 3 fully saturated rings. The number of hydroxylamine groups is 2. The van der Waals surface area contributed by atoms with Crippen LogP contribution in [0.4, 0.5) is 0 Å². The molecular formula is C9H13NO4. The predicted octanol–water partition coefficient (Wildman–Crippen LogP) is -1.12. The molecule has 1 heterocycles. The molecule has 6 unspecified atom stereocenters. The molecule has 0 amide bonds. The van der Waals surface area contributed by atoms with Gasteiger partial charge in [0.05, 0.1) is 13.0 Å². The Bertz CT molecular complexity index is 280. The number of hydrogen-bond acceptors (Lipinski definition) is 4. The van der Waals surface area contributed by atoms with E-state index < -0.39 is 0 Å². The molecule has 3 aliphatic rings. The third-order valence-electron chi connectivity index (χ3n) is 3.72. The quantitative estimate of drug-likeness (QED) is 0.452. The summed E-state index contributed by atoms with van der Waals surface area (Å²) in [4.78, 5) is 16.6. The van der Waals surface area contributed by atoms with Gasteiger partial charge in [-0.25, -0.2) is 5.23 Å². The zero-order chi connectivity index (χ0) is 9.87. The van der Waals surface area contributed by atoms with E-state index in [2.05, 4.69) is 0 Å². The summed E-state index contributed by atoms with van der Waals surface area (Å²) in [6, 6.07) is 0. The molecular weight excluding hydrogens is 186 g/mol. The Hall–Kier alpha value is -0.650. The molecule has 0 radical (unpaired) electrons. The molecule has 6 atom stereocenters. The first kappa shape index (κ1) is 8.64. The van der Waals surface area contributed by atoms with Gasteiger partial charge in [-0.05, 0) is 18.8 Å². The van der Waals surface area contributed by atoms with Crippen LogP contribution >= 0.6 is 0 Å². The van der Waals surface area contributed by atoms with E-state index in [0.29, 0.717) is 11.8 Å². The number of hydrogen-bond donors (Lipinski definition) is 1. The molecule has 0 spiro atoms. The minimum absolute atomic E-state index is 0.0860. The smallest absolute Gasteiger partial charge is 0.309 e. The summed E-state index contributed by atoms with van der Waals surface area (Å²) in [7, 11) is 1.40. The number of quaternary nitrogens is 1. The van der Waals surface area contributed by atoms with E-state index in [1.807, 2.05) is 0 Å². The van der Waals surface area contributed by atoms with Gasteiger partial charge in [0.2, 0.25) is 0 Å². The highest BCUT2D eigenvalue weighted by Gasteiger charge is 2.63. The molecule has 5 nitrogen and oxygen atoms in total. The van der Waals surface area contributed by atoms with Crippen LogP contribution in [-0.4, -0.2) is 25.2 Å². The Morgan fingerprint density at radius 1 is 1.57 bits per heavy atom. The average Bonchev–Trinajstić information content (AvgIpc) is 2.67. The lowest BCUT2D eigenvalue weighted by Gasteiger charge is -2.27. The molecule has 14 heavy (non-hydrogen) atoms. The van der Waals surface area contributed by atoms with Crippen LogP contribution in [0.15, 0.2) is 0 Å². The van der Waals surface area contributed by atoms with Crippen LogP contribution in [0.1, 0.15) is 12.8 Å². The van der Waals surface area contributed by atoms with Crippen molar-refractivity contribution in [3.05, 3.63) is 5.21 Å². The molecule has 2 saturated carbocycles. The normalized spacial score (nSPS) is 51.0. The van der Waals surface area contributed by atoms with Gasteiger partial charge in [-0.1, -0.05) is 0 Å². The maximum atomic E-state index is 11.4. The lowest BCUT2D eigenvalue weighted by atomic mass is 9.88. The van der Waals surface area contributed by atoms with Crippen molar-refractivity contribution in [2.45, 2.75) is 25.0 Å². The Morgan fingerprint density at radius 3 is 3.07 bits per heavy atom. The van der Waals surface area contributed by atoms with Gasteiger partial charge in [0, 0.05) is 5.92 Å². The maximum absolute atomic E-state index is 11.4. The molecule has 1 N–H and O–H groups in total. The Morgan fingerprint density at radius 2 is 2.36 bits per heavy atom. The van der Waals surface area contributed by atoms with E-state index in [1.54, 1.807) is 0 Å². The van der Waals surface area contributed by atoms with E-state index in [0.717, 1.165) is 12.8 Å². The van der Waals surface area contributed by atoms with Gasteiger partial charge < -0.3 is 9.94 Å². The van der Waals surface area contributed by atoms with Gasteiger partial charge >= 0.3 is 5.97 Å². The van der Waals surface area contributed by atoms with Gasteiger partial charge in [0.15, 0.2) is 6.10 Å². The van der Waals surface area contributed by atoms with Crippen LogP contribution in [0.25, 0.3) is 0 Å². The Labute approximate surface area is 81.5 Å². The zero-order valence-corrected chi connectivity index (χ0v) is 7.93. The molecule has 1 aliphatic heterocycles. The first-order valence-electron chi connectivity index (χ1n) is 5.04. The molecule has 5 heteroatoms. The van der Waals surface area contributed by atoms with Crippen molar-refractivity contribution in [2.75, 3.05) is 7.05 Å². The van der Waals surface area contributed by atoms with Crippen molar-refractivity contribution in [3.8, 4) is 0 Å². The molecule has 0 aromatic rings. The van der Waals surface area contributed by atoms with E-state index in [1.165, 1.54) is 7.05 Å². The summed E-state index contributed by atoms with van der Waals surface area (Å²) < 4.78 is 5.24. The number of carbonyl (C=O) groups excluding carboxylic acids is 1. The lowest BCUT2D eigenvalue weighted by Crippen LogP contribution is -3.04. The van der Waals surface area contributed by atoms with Crippen molar-refractivity contribution < 1.29 is 19.6 Å². The number of carbonyl (C=O) groups is 1. The predicted molar refractivity (Wildman–Crippen MR) is 44.7 cm³/mol. The number of ether oxygens (including phenoxy) is 1. The van der Waals surface area contributed by atoms with Gasteiger partial charge in [0.25, 0.3) is 0 Å². The number of nitrogens with one attached hydrogen (secondary N) is 1. The van der Waals surface area contributed by atoms with Crippen LogP contribution in [0.2, 0.25) is 0 Å². The molecule has 2 aliphatic carbocycles. The van der Waals surface area contributed by atoms with Crippen LogP contribution in [0, 0.1) is 23.0 Å². The third-order valence-corrected chi connectivity index (χ3v) is 3.72. The van der Waals surface area contributed by atoms with Crippen molar-refractivity contribution in [2.24, 2.45) is 17.8 Å². The van der Waals surface area contributed by atoms with Gasteiger partial charge in [-0.15, -0.1) is 0 Å². The summed E-state index contributed by atoms with van der Waals surface area (Å²) in [5.41, 5.74) is 0.